The molecule has 13 nitrogen and oxygen atoms in total. The molecule has 0 unspecified atom stereocenters. The molecule has 14 heteroatoms. The van der Waals surface area contributed by atoms with Crippen molar-refractivity contribution in [1.29, 1.82) is 0 Å². The maximum Gasteiger partial charge on any atom is 0.417 e. The van der Waals surface area contributed by atoms with Crippen molar-refractivity contribution in [2.75, 3.05) is 25.1 Å². The smallest absolute Gasteiger partial charge is 0.417 e. The Morgan fingerprint density at radius 2 is 1.81 bits per heavy atom. The van der Waals surface area contributed by atoms with Crippen LogP contribution in [0.3, 0.4) is 0 Å². The van der Waals surface area contributed by atoms with Gasteiger partial charge in [-0.2, -0.15) is 0 Å². The number of halogens is 1. The van der Waals surface area contributed by atoms with Crippen LogP contribution in [-0.4, -0.2) is 81.5 Å². The SMILES string of the molecule is CCOC(=O)c1ccn2cc(-c3nc(N[C@@H]4CCOC[C@@H]4NC(=O)OC(C)(C)C)c(F)c4c3C(=O)N(C(=O)OC(C)(C)C)C4)cc2c1. The topological polar surface area (TPSA) is 150 Å². The number of carbonyl (C=O) groups excluding carboxylic acids is 4. The first-order chi connectivity index (χ1) is 22.0. The quantitative estimate of drug-likeness (QED) is 0.265. The molecule has 2 aliphatic heterocycles. The van der Waals surface area contributed by atoms with E-state index in [2.05, 4.69) is 15.6 Å². The van der Waals surface area contributed by atoms with E-state index in [1.54, 1.807) is 83.5 Å². The average Bonchev–Trinajstić information content (AvgIpc) is 3.55. The summed E-state index contributed by atoms with van der Waals surface area (Å²) in [5.74, 6) is -2.21. The molecule has 47 heavy (non-hydrogen) atoms. The van der Waals surface area contributed by atoms with Gasteiger partial charge >= 0.3 is 18.2 Å². The van der Waals surface area contributed by atoms with Gasteiger partial charge in [-0.1, -0.05) is 0 Å². The highest BCUT2D eigenvalue weighted by Gasteiger charge is 2.41. The van der Waals surface area contributed by atoms with Crippen molar-refractivity contribution in [2.45, 2.75) is 84.7 Å². The van der Waals surface area contributed by atoms with Gasteiger partial charge < -0.3 is 34.0 Å². The maximum atomic E-state index is 16.3. The van der Waals surface area contributed by atoms with Crippen LogP contribution in [0.5, 0.6) is 0 Å². The zero-order valence-electron chi connectivity index (χ0n) is 27.6. The maximum absolute atomic E-state index is 16.3. The summed E-state index contributed by atoms with van der Waals surface area (Å²) < 4.78 is 39.6. The fourth-order valence-electron chi connectivity index (χ4n) is 5.39. The molecule has 1 saturated heterocycles. The Bertz CT molecular complexity index is 1720. The lowest BCUT2D eigenvalue weighted by molar-refractivity contribution is 0.0246. The minimum atomic E-state index is -0.911. The fraction of sp³-hybridized carbons (Fsp3) is 0.485. The van der Waals surface area contributed by atoms with Crippen molar-refractivity contribution < 1.29 is 42.5 Å². The molecule has 2 N–H and O–H groups in total. The van der Waals surface area contributed by atoms with Crippen molar-refractivity contribution in [3.63, 3.8) is 0 Å². The van der Waals surface area contributed by atoms with Gasteiger partial charge in [-0.25, -0.2) is 28.7 Å². The number of carbonyl (C=O) groups is 4. The summed E-state index contributed by atoms with van der Waals surface area (Å²) in [5, 5.41) is 5.92. The van der Waals surface area contributed by atoms with Gasteiger partial charge in [0.1, 0.15) is 11.2 Å². The third kappa shape index (κ3) is 7.48. The molecule has 0 saturated carbocycles. The lowest BCUT2D eigenvalue weighted by Crippen LogP contribution is -2.53. The van der Waals surface area contributed by atoms with Crippen LogP contribution in [0.4, 0.5) is 19.8 Å². The third-order valence-corrected chi connectivity index (χ3v) is 7.39. The number of ether oxygens (including phenoxy) is 4. The molecule has 5 rings (SSSR count). The first-order valence-electron chi connectivity index (χ1n) is 15.4. The van der Waals surface area contributed by atoms with Gasteiger partial charge in [0, 0.05) is 35.6 Å². The lowest BCUT2D eigenvalue weighted by Gasteiger charge is -2.33. The highest BCUT2D eigenvalue weighted by Crippen LogP contribution is 2.38. The standard InChI is InChI=1S/C33H40FN5O8/c1-8-45-29(41)18-9-11-38-15-19(14-20(38)13-18)26-24-21(16-39(28(24)40)31(43)47-33(5,6)7)25(34)27(37-26)35-22-10-12-44-17-23(22)36-30(42)46-32(2,3)4/h9,11,13-15,22-23H,8,10,12,16-17H2,1-7H3,(H,35,37)(H,36,42)/t22-,23+/m1/s1. The van der Waals surface area contributed by atoms with Crippen LogP contribution in [0, 0.1) is 5.82 Å². The molecule has 3 aromatic heterocycles. The molecule has 2 aliphatic rings. The number of hydrogen-bond donors (Lipinski definition) is 2. The number of nitrogens with zero attached hydrogens (tertiary/aromatic N) is 3. The molecule has 0 aliphatic carbocycles. The normalized spacial score (nSPS) is 18.1. The zero-order chi connectivity index (χ0) is 34.3. The van der Waals surface area contributed by atoms with Gasteiger partial charge in [0.25, 0.3) is 5.91 Å². The molecule has 3 amide bonds. The molecule has 0 radical (unpaired) electrons. The van der Waals surface area contributed by atoms with E-state index in [-0.39, 0.29) is 42.4 Å². The van der Waals surface area contributed by atoms with Gasteiger partial charge in [-0.3, -0.25) is 4.79 Å². The Kier molecular flexibility index (Phi) is 9.18. The van der Waals surface area contributed by atoms with Crippen LogP contribution in [0.25, 0.3) is 16.8 Å². The molecule has 5 heterocycles. The number of alkyl carbamates (subject to hydrolysis) is 1. The molecule has 2 atom stereocenters. The van der Waals surface area contributed by atoms with E-state index in [1.165, 1.54) is 0 Å². The number of aromatic nitrogens is 2. The summed E-state index contributed by atoms with van der Waals surface area (Å²) >= 11 is 0. The Hall–Kier alpha value is -4.72. The molecule has 0 spiro atoms. The van der Waals surface area contributed by atoms with Crippen LogP contribution in [0.2, 0.25) is 0 Å². The first kappa shape index (κ1) is 33.6. The Morgan fingerprint density at radius 3 is 2.49 bits per heavy atom. The summed E-state index contributed by atoms with van der Waals surface area (Å²) in [6.45, 7) is 12.3. The molecule has 3 aromatic rings. The largest absolute Gasteiger partial charge is 0.462 e. The van der Waals surface area contributed by atoms with Crippen molar-refractivity contribution in [3.05, 3.63) is 53.1 Å². The van der Waals surface area contributed by atoms with Crippen LogP contribution < -0.4 is 10.6 Å². The third-order valence-electron chi connectivity index (χ3n) is 7.39. The fourth-order valence-corrected chi connectivity index (χ4v) is 5.39. The highest BCUT2D eigenvalue weighted by atomic mass is 19.1. The van der Waals surface area contributed by atoms with E-state index in [9.17, 15) is 19.2 Å². The Labute approximate surface area is 271 Å². The number of fused-ring (bicyclic) bond motifs is 2. The highest BCUT2D eigenvalue weighted by molar-refractivity contribution is 6.10. The van der Waals surface area contributed by atoms with E-state index in [1.807, 2.05) is 0 Å². The summed E-state index contributed by atoms with van der Waals surface area (Å²) in [5.41, 5.74) is -0.218. The van der Waals surface area contributed by atoms with E-state index < -0.39 is 53.2 Å². The number of amides is 3. The number of pyridine rings is 2. The van der Waals surface area contributed by atoms with E-state index >= 15 is 4.39 Å². The summed E-state index contributed by atoms with van der Waals surface area (Å²) in [6.07, 6.45) is 2.20. The molecular formula is C33H40FN5O8. The lowest BCUT2D eigenvalue weighted by atomic mass is 10.0. The minimum Gasteiger partial charge on any atom is -0.462 e. The first-order valence-corrected chi connectivity index (χ1v) is 15.4. The number of nitrogens with one attached hydrogen (secondary N) is 2. The van der Waals surface area contributed by atoms with Crippen LogP contribution in [0.15, 0.2) is 30.6 Å². The van der Waals surface area contributed by atoms with Crippen molar-refractivity contribution in [2.24, 2.45) is 0 Å². The molecular weight excluding hydrogens is 613 g/mol. The predicted octanol–water partition coefficient (Wildman–Crippen LogP) is 5.30. The van der Waals surface area contributed by atoms with E-state index in [4.69, 9.17) is 18.9 Å². The summed E-state index contributed by atoms with van der Waals surface area (Å²) in [4.78, 5) is 57.2. The average molecular weight is 654 g/mol. The minimum absolute atomic E-state index is 0.0282. The van der Waals surface area contributed by atoms with Crippen LogP contribution >= 0.6 is 0 Å². The zero-order valence-corrected chi connectivity index (χ0v) is 27.6. The second-order valence-corrected chi connectivity index (χ2v) is 13.4. The van der Waals surface area contributed by atoms with Gasteiger partial charge in [-0.05, 0) is 73.1 Å². The van der Waals surface area contributed by atoms with E-state index in [0.29, 0.717) is 29.7 Å². The number of hydrogen-bond acceptors (Lipinski definition) is 10. The van der Waals surface area contributed by atoms with Crippen molar-refractivity contribution in [1.82, 2.24) is 19.6 Å². The number of imide groups is 1. The van der Waals surface area contributed by atoms with E-state index in [0.717, 1.165) is 4.90 Å². The van der Waals surface area contributed by atoms with Crippen LogP contribution in [-0.2, 0) is 25.5 Å². The predicted molar refractivity (Wildman–Crippen MR) is 169 cm³/mol. The second kappa shape index (κ2) is 12.8. The van der Waals surface area contributed by atoms with Gasteiger partial charge in [-0.15, -0.1) is 0 Å². The molecule has 0 bridgehead atoms. The monoisotopic (exact) mass is 653 g/mol. The number of esters is 1. The summed E-state index contributed by atoms with van der Waals surface area (Å²) in [7, 11) is 0. The van der Waals surface area contributed by atoms with Gasteiger partial charge in [0.15, 0.2) is 11.6 Å². The van der Waals surface area contributed by atoms with Crippen molar-refractivity contribution in [3.8, 4) is 11.3 Å². The second-order valence-electron chi connectivity index (χ2n) is 13.4. The van der Waals surface area contributed by atoms with Crippen molar-refractivity contribution >= 4 is 35.4 Å². The van der Waals surface area contributed by atoms with Gasteiger partial charge in [0.05, 0.1) is 48.7 Å². The molecule has 0 aromatic carbocycles. The number of rotatable bonds is 6. The van der Waals surface area contributed by atoms with Crippen LogP contribution in [0.1, 0.15) is 81.2 Å². The number of anilines is 1. The van der Waals surface area contributed by atoms with Gasteiger partial charge in [0.2, 0.25) is 0 Å². The summed E-state index contributed by atoms with van der Waals surface area (Å²) in [6, 6.07) is 3.84. The Morgan fingerprint density at radius 1 is 1.09 bits per heavy atom. The molecule has 252 valence electrons. The molecule has 1 fully saturated rings. The Balaban J connectivity index is 1.56.